The average Bonchev–Trinajstić information content (AvgIpc) is 2.80. The highest BCUT2D eigenvalue weighted by Crippen LogP contribution is 2.35. The smallest absolute Gasteiger partial charge is 0.123 e. The van der Waals surface area contributed by atoms with Crippen LogP contribution in [-0.4, -0.2) is 54.1 Å². The minimum Gasteiger partial charge on any atom is -0.385 e. The summed E-state index contributed by atoms with van der Waals surface area (Å²) in [4.78, 5) is 2.26. The number of ether oxygens (including phenoxy) is 1. The first-order valence-corrected chi connectivity index (χ1v) is 13.2. The Morgan fingerprint density at radius 1 is 1.24 bits per heavy atom. The fourth-order valence-corrected chi connectivity index (χ4v) is 6.51. The Balaban J connectivity index is 1.28. The Hall–Kier alpha value is -1.54. The quantitative estimate of drug-likeness (QED) is 0.401. The van der Waals surface area contributed by atoms with Crippen molar-refractivity contribution < 1.29 is 9.13 Å². The predicted octanol–water partition coefficient (Wildman–Crippen LogP) is 4.65. The Bertz CT molecular complexity index is 807. The van der Waals surface area contributed by atoms with Crippen molar-refractivity contribution in [2.24, 2.45) is 17.6 Å². The van der Waals surface area contributed by atoms with Crippen molar-refractivity contribution in [2.75, 3.05) is 32.8 Å². The van der Waals surface area contributed by atoms with Gasteiger partial charge < -0.3 is 15.4 Å². The molecule has 5 nitrogen and oxygen atoms in total. The van der Waals surface area contributed by atoms with E-state index in [9.17, 15) is 4.39 Å². The van der Waals surface area contributed by atoms with Gasteiger partial charge in [0.25, 0.3) is 0 Å². The maximum Gasteiger partial charge on any atom is 0.123 e. The van der Waals surface area contributed by atoms with Crippen molar-refractivity contribution in [3.8, 4) is 0 Å². The first-order valence-electron chi connectivity index (χ1n) is 12.4. The van der Waals surface area contributed by atoms with E-state index in [1.54, 1.807) is 24.3 Å². The van der Waals surface area contributed by atoms with Crippen LogP contribution in [0.2, 0.25) is 0 Å². The second kappa shape index (κ2) is 11.7. The van der Waals surface area contributed by atoms with Crippen LogP contribution in [0, 0.1) is 17.7 Å². The molecular formula is C26H39FN4OS. The zero-order chi connectivity index (χ0) is 23.2. The highest BCUT2D eigenvalue weighted by Gasteiger charge is 2.33. The third kappa shape index (κ3) is 6.75. The number of hydrogen-bond acceptors (Lipinski definition) is 6. The van der Waals surface area contributed by atoms with Crippen molar-refractivity contribution in [3.63, 3.8) is 0 Å². The molecule has 4 rings (SSSR count). The molecule has 0 bridgehead atoms. The summed E-state index contributed by atoms with van der Waals surface area (Å²) in [7, 11) is 0. The van der Waals surface area contributed by atoms with Gasteiger partial charge in [-0.2, -0.15) is 0 Å². The molecule has 1 saturated carbocycles. The average molecular weight is 475 g/mol. The number of piperidine rings is 1. The van der Waals surface area contributed by atoms with Crippen molar-refractivity contribution in [1.82, 2.24) is 13.9 Å². The Labute approximate surface area is 202 Å². The molecular weight excluding hydrogens is 435 g/mol. The number of benzene rings is 1. The number of halogens is 1. The summed E-state index contributed by atoms with van der Waals surface area (Å²) < 4.78 is 26.2. The van der Waals surface area contributed by atoms with Crippen molar-refractivity contribution in [1.29, 1.82) is 0 Å². The number of likely N-dealkylation sites (tertiary alicyclic amines) is 1. The normalized spacial score (nSPS) is 29.6. The zero-order valence-electron chi connectivity index (χ0n) is 19.8. The molecule has 2 saturated heterocycles. The number of nitrogens with one attached hydrogen (secondary N) is 1. The van der Waals surface area contributed by atoms with Crippen LogP contribution in [0.3, 0.4) is 0 Å². The van der Waals surface area contributed by atoms with E-state index in [1.807, 2.05) is 12.1 Å². The van der Waals surface area contributed by atoms with E-state index in [2.05, 4.69) is 33.5 Å². The van der Waals surface area contributed by atoms with Gasteiger partial charge in [-0.3, -0.25) is 0 Å². The molecule has 33 heavy (non-hydrogen) atoms. The second-order valence-electron chi connectivity index (χ2n) is 9.95. The van der Waals surface area contributed by atoms with Crippen LogP contribution in [0.1, 0.15) is 50.5 Å². The summed E-state index contributed by atoms with van der Waals surface area (Å²) in [6.45, 7) is 11.0. The summed E-state index contributed by atoms with van der Waals surface area (Å²) in [5.74, 6) is 2.27. The number of allylic oxidation sites excluding steroid dienone is 2. The summed E-state index contributed by atoms with van der Waals surface area (Å²) in [6.07, 6.45) is 9.16. The molecule has 0 aromatic heterocycles. The van der Waals surface area contributed by atoms with E-state index in [4.69, 9.17) is 10.5 Å². The molecule has 2 unspecified atom stereocenters. The second-order valence-corrected chi connectivity index (χ2v) is 10.9. The third-order valence-corrected chi connectivity index (χ3v) is 8.26. The lowest BCUT2D eigenvalue weighted by Gasteiger charge is -2.42. The summed E-state index contributed by atoms with van der Waals surface area (Å²) >= 11 is 1.77. The van der Waals surface area contributed by atoms with E-state index in [0.29, 0.717) is 17.9 Å². The summed E-state index contributed by atoms with van der Waals surface area (Å²) in [5, 5.41) is 0. The molecule has 2 atom stereocenters. The van der Waals surface area contributed by atoms with Gasteiger partial charge in [-0.15, -0.1) is 0 Å². The number of nitrogens with two attached hydrogens (primary N) is 1. The van der Waals surface area contributed by atoms with Crippen LogP contribution >= 0.6 is 12.1 Å². The highest BCUT2D eigenvalue weighted by atomic mass is 32.2. The Kier molecular flexibility index (Phi) is 8.74. The molecule has 0 amide bonds. The number of nitrogens with zero attached hydrogens (tertiary/aromatic N) is 2. The lowest BCUT2D eigenvalue weighted by molar-refractivity contribution is -0.0136. The molecule has 0 spiro atoms. The van der Waals surface area contributed by atoms with Gasteiger partial charge in [0.2, 0.25) is 0 Å². The van der Waals surface area contributed by atoms with Crippen LogP contribution in [0.4, 0.5) is 4.39 Å². The first kappa shape index (κ1) is 24.6. The van der Waals surface area contributed by atoms with Gasteiger partial charge in [0.1, 0.15) is 5.82 Å². The van der Waals surface area contributed by atoms with Gasteiger partial charge in [0, 0.05) is 50.3 Å². The molecule has 3 N–H and O–H groups in total. The maximum atomic E-state index is 13.6. The number of hydrogen-bond donors (Lipinski definition) is 2. The lowest BCUT2D eigenvalue weighted by atomic mass is 9.82. The van der Waals surface area contributed by atoms with Crippen molar-refractivity contribution in [3.05, 3.63) is 60.2 Å². The topological polar surface area (TPSA) is 53.8 Å². The minimum absolute atomic E-state index is 0.137. The standard InChI is InChI=1S/C26H39FN4OS/c1-3-5-26(28)30-13-12-25(29-33-31-15-19(2)16-31)22(17-30)18-32-24-10-8-20(9-11-24)21-6-4-7-23(27)14-21/h3-7,14,19-20,22,24-25,29H,1,8-13,15-18,28H2,2H3/b26-5+. The molecule has 7 heteroatoms. The van der Waals surface area contributed by atoms with Gasteiger partial charge in [-0.25, -0.2) is 13.4 Å². The first-order chi connectivity index (χ1) is 16.0. The van der Waals surface area contributed by atoms with Gasteiger partial charge in [-0.1, -0.05) is 31.7 Å². The van der Waals surface area contributed by atoms with E-state index < -0.39 is 0 Å². The van der Waals surface area contributed by atoms with E-state index >= 15 is 0 Å². The van der Waals surface area contributed by atoms with Crippen molar-refractivity contribution in [2.45, 2.75) is 57.1 Å². The van der Waals surface area contributed by atoms with E-state index in [0.717, 1.165) is 82.2 Å². The molecule has 2 aliphatic heterocycles. The molecule has 2 heterocycles. The minimum atomic E-state index is -0.137. The van der Waals surface area contributed by atoms with Crippen LogP contribution in [0.5, 0.6) is 0 Å². The predicted molar refractivity (Wildman–Crippen MR) is 135 cm³/mol. The van der Waals surface area contributed by atoms with Gasteiger partial charge >= 0.3 is 0 Å². The largest absolute Gasteiger partial charge is 0.385 e. The van der Waals surface area contributed by atoms with Crippen LogP contribution in [-0.2, 0) is 4.74 Å². The number of rotatable bonds is 9. The summed E-state index contributed by atoms with van der Waals surface area (Å²) in [5.41, 5.74) is 7.40. The van der Waals surface area contributed by atoms with Gasteiger partial charge in [0.05, 0.1) is 18.5 Å². The maximum absolute atomic E-state index is 13.6. The van der Waals surface area contributed by atoms with E-state index in [1.165, 1.54) is 6.07 Å². The Morgan fingerprint density at radius 2 is 2.03 bits per heavy atom. The molecule has 1 aromatic carbocycles. The molecule has 0 radical (unpaired) electrons. The molecule has 3 fully saturated rings. The molecule has 1 aliphatic carbocycles. The fourth-order valence-electron chi connectivity index (χ4n) is 5.26. The molecule has 3 aliphatic rings. The molecule has 182 valence electrons. The van der Waals surface area contributed by atoms with Crippen molar-refractivity contribution >= 4 is 12.1 Å². The zero-order valence-corrected chi connectivity index (χ0v) is 20.6. The summed E-state index contributed by atoms with van der Waals surface area (Å²) in [6, 6.07) is 7.49. The lowest BCUT2D eigenvalue weighted by Crippen LogP contribution is -2.52. The van der Waals surface area contributed by atoms with Crippen LogP contribution < -0.4 is 10.5 Å². The Morgan fingerprint density at radius 3 is 2.73 bits per heavy atom. The third-order valence-electron chi connectivity index (χ3n) is 7.29. The van der Waals surface area contributed by atoms with Gasteiger partial charge in [-0.05, 0) is 67.7 Å². The SMILES string of the molecule is C=C/C=C(\N)N1CCC(NSN2CC(C)C2)C(COC2CCC(c3cccc(F)c3)CC2)C1. The molecule has 1 aromatic rings. The van der Waals surface area contributed by atoms with E-state index in [-0.39, 0.29) is 11.9 Å². The highest BCUT2D eigenvalue weighted by molar-refractivity contribution is 7.95. The fraction of sp³-hybridized carbons (Fsp3) is 0.615. The van der Waals surface area contributed by atoms with Crippen LogP contribution in [0.25, 0.3) is 0 Å². The van der Waals surface area contributed by atoms with Gasteiger partial charge in [0.15, 0.2) is 0 Å². The monoisotopic (exact) mass is 474 g/mol. The van der Waals surface area contributed by atoms with Crippen LogP contribution in [0.15, 0.2) is 48.8 Å².